The van der Waals surface area contributed by atoms with E-state index in [1.54, 1.807) is 30.3 Å². The molecule has 0 aliphatic carbocycles. The molecule has 0 bridgehead atoms. The van der Waals surface area contributed by atoms with Crippen LogP contribution in [0.15, 0.2) is 34.7 Å². The molecule has 0 saturated carbocycles. The van der Waals surface area contributed by atoms with Crippen molar-refractivity contribution in [2.45, 2.75) is 20.8 Å². The van der Waals surface area contributed by atoms with Gasteiger partial charge in [0.05, 0.1) is 10.6 Å². The van der Waals surface area contributed by atoms with Crippen LogP contribution in [0.3, 0.4) is 0 Å². The van der Waals surface area contributed by atoms with E-state index in [0.717, 1.165) is 0 Å². The average molecular weight is 284 g/mol. The largest absolute Gasteiger partial charge is 0.283 e. The molecule has 0 atom stereocenters. The number of sulfonamides is 1. The molecule has 0 radical (unpaired) electrons. The Kier molecular flexibility index (Phi) is 3.11. The molecule has 0 aromatic heterocycles. The van der Waals surface area contributed by atoms with Crippen molar-refractivity contribution >= 4 is 32.2 Å². The van der Waals surface area contributed by atoms with Crippen molar-refractivity contribution in [3.05, 3.63) is 40.9 Å². The molecule has 0 fully saturated rings. The molecule has 0 N–H and O–H groups in total. The van der Waals surface area contributed by atoms with Crippen molar-refractivity contribution in [2.24, 2.45) is 9.81 Å². The summed E-state index contributed by atoms with van der Waals surface area (Å²) in [6.07, 6.45) is 1.64. The van der Waals surface area contributed by atoms with Gasteiger partial charge in [-0.2, -0.15) is 12.8 Å². The Hall–Kier alpha value is -1.13. The normalized spacial score (nSPS) is 18.4. The Labute approximate surface area is 112 Å². The van der Waals surface area contributed by atoms with Gasteiger partial charge in [-0.05, 0) is 23.8 Å². The second-order valence-corrected chi connectivity index (χ2v) is 7.23. The molecular weight excluding hydrogens is 270 g/mol. The third-order valence-electron chi connectivity index (χ3n) is 2.66. The van der Waals surface area contributed by atoms with Crippen LogP contribution in [0.5, 0.6) is 0 Å². The SMILES string of the molecule is CC(C)(C)C1=NS(=O)(=O)C(c2ccc(Cl)cc2)=C1. The quantitative estimate of drug-likeness (QED) is 0.792. The maximum atomic E-state index is 12.0. The summed E-state index contributed by atoms with van der Waals surface area (Å²) < 4.78 is 27.9. The molecule has 3 nitrogen and oxygen atoms in total. The molecule has 1 aromatic rings. The van der Waals surface area contributed by atoms with Gasteiger partial charge in [0.1, 0.15) is 0 Å². The van der Waals surface area contributed by atoms with E-state index in [1.807, 2.05) is 20.8 Å². The minimum absolute atomic E-state index is 0.240. The molecule has 0 spiro atoms. The number of hydrogen-bond acceptors (Lipinski definition) is 2. The molecule has 1 aliphatic rings. The van der Waals surface area contributed by atoms with Gasteiger partial charge in [-0.15, -0.1) is 0 Å². The smallest absolute Gasteiger partial charge is 0.199 e. The summed E-state index contributed by atoms with van der Waals surface area (Å²) >= 11 is 5.79. The lowest BCUT2D eigenvalue weighted by atomic mass is 9.89. The Balaban J connectivity index is 2.51. The van der Waals surface area contributed by atoms with Crippen molar-refractivity contribution in [1.29, 1.82) is 0 Å². The predicted molar refractivity (Wildman–Crippen MR) is 75.2 cm³/mol. The molecule has 0 unspecified atom stereocenters. The van der Waals surface area contributed by atoms with Gasteiger partial charge in [0.15, 0.2) is 0 Å². The predicted octanol–water partition coefficient (Wildman–Crippen LogP) is 3.51. The summed E-state index contributed by atoms with van der Waals surface area (Å²) in [5.74, 6) is 0. The zero-order valence-corrected chi connectivity index (χ0v) is 12.0. The van der Waals surface area contributed by atoms with Crippen molar-refractivity contribution in [1.82, 2.24) is 0 Å². The zero-order valence-electron chi connectivity index (χ0n) is 10.4. The van der Waals surface area contributed by atoms with Crippen molar-refractivity contribution < 1.29 is 8.42 Å². The Bertz CT molecular complexity index is 635. The van der Waals surface area contributed by atoms with Crippen LogP contribution in [0, 0.1) is 5.41 Å². The molecular formula is C13H14ClNO2S. The van der Waals surface area contributed by atoms with Crippen LogP contribution in [0.1, 0.15) is 26.3 Å². The van der Waals surface area contributed by atoms with Gasteiger partial charge in [-0.25, -0.2) is 0 Å². The highest BCUT2D eigenvalue weighted by Crippen LogP contribution is 2.33. The molecule has 1 aliphatic heterocycles. The number of allylic oxidation sites excluding steroid dienone is 1. The first-order valence-corrected chi connectivity index (χ1v) is 7.35. The van der Waals surface area contributed by atoms with Gasteiger partial charge in [0, 0.05) is 10.4 Å². The number of nitrogens with zero attached hydrogens (tertiary/aromatic N) is 1. The molecule has 5 heteroatoms. The molecule has 1 aromatic carbocycles. The lowest BCUT2D eigenvalue weighted by Crippen LogP contribution is -2.16. The topological polar surface area (TPSA) is 46.5 Å². The maximum absolute atomic E-state index is 12.0. The summed E-state index contributed by atoms with van der Waals surface area (Å²) in [4.78, 5) is 0.240. The monoisotopic (exact) mass is 283 g/mol. The van der Waals surface area contributed by atoms with E-state index >= 15 is 0 Å². The van der Waals surface area contributed by atoms with E-state index in [1.165, 1.54) is 0 Å². The van der Waals surface area contributed by atoms with Crippen LogP contribution in [-0.2, 0) is 10.0 Å². The highest BCUT2D eigenvalue weighted by Gasteiger charge is 2.31. The summed E-state index contributed by atoms with van der Waals surface area (Å²) in [5.41, 5.74) is 0.899. The van der Waals surface area contributed by atoms with Crippen molar-refractivity contribution in [3.63, 3.8) is 0 Å². The number of benzene rings is 1. The number of rotatable bonds is 1. The second-order valence-electron chi connectivity index (χ2n) is 5.22. The molecule has 0 amide bonds. The lowest BCUT2D eigenvalue weighted by molar-refractivity contribution is 0.590. The van der Waals surface area contributed by atoms with E-state index < -0.39 is 10.0 Å². The van der Waals surface area contributed by atoms with E-state index in [0.29, 0.717) is 16.3 Å². The van der Waals surface area contributed by atoms with Crippen molar-refractivity contribution in [2.75, 3.05) is 0 Å². The van der Waals surface area contributed by atoms with E-state index in [4.69, 9.17) is 11.6 Å². The molecule has 1 heterocycles. The van der Waals surface area contributed by atoms with Crippen LogP contribution >= 0.6 is 11.6 Å². The van der Waals surface area contributed by atoms with Crippen LogP contribution < -0.4 is 0 Å². The van der Waals surface area contributed by atoms with Gasteiger partial charge in [0.2, 0.25) is 0 Å². The fraction of sp³-hybridized carbons (Fsp3) is 0.308. The summed E-state index contributed by atoms with van der Waals surface area (Å²) in [5, 5.41) is 0.576. The summed E-state index contributed by atoms with van der Waals surface area (Å²) in [6.45, 7) is 5.80. The van der Waals surface area contributed by atoms with Gasteiger partial charge >= 0.3 is 0 Å². The minimum Gasteiger partial charge on any atom is -0.199 e. The number of halogens is 1. The first-order valence-electron chi connectivity index (χ1n) is 5.53. The van der Waals surface area contributed by atoms with E-state index in [2.05, 4.69) is 4.40 Å². The summed E-state index contributed by atoms with van der Waals surface area (Å²) in [7, 11) is -3.58. The van der Waals surface area contributed by atoms with Crippen LogP contribution in [0.4, 0.5) is 0 Å². The first kappa shape index (κ1) is 13.3. The molecule has 96 valence electrons. The van der Waals surface area contributed by atoms with Crippen molar-refractivity contribution in [3.8, 4) is 0 Å². The van der Waals surface area contributed by atoms with Gasteiger partial charge in [-0.3, -0.25) is 0 Å². The van der Waals surface area contributed by atoms with E-state index in [-0.39, 0.29) is 10.3 Å². The highest BCUT2D eigenvalue weighted by atomic mass is 35.5. The zero-order chi connectivity index (χ0) is 13.6. The van der Waals surface area contributed by atoms with Gasteiger partial charge in [0.25, 0.3) is 10.0 Å². The third kappa shape index (κ3) is 2.49. The first-order chi connectivity index (χ1) is 8.20. The van der Waals surface area contributed by atoms with Gasteiger partial charge < -0.3 is 0 Å². The molecule has 18 heavy (non-hydrogen) atoms. The second kappa shape index (κ2) is 4.21. The number of hydrogen-bond donors (Lipinski definition) is 0. The lowest BCUT2D eigenvalue weighted by Gasteiger charge is -2.15. The highest BCUT2D eigenvalue weighted by molar-refractivity contribution is 8.00. The minimum atomic E-state index is -3.58. The standard InChI is InChI=1S/C13H14ClNO2S/c1-13(2,3)12-8-11(18(16,17)15-12)9-4-6-10(14)7-5-9/h4-8H,1-3H3. The Morgan fingerprint density at radius 2 is 1.67 bits per heavy atom. The van der Waals surface area contributed by atoms with Crippen LogP contribution in [-0.4, -0.2) is 14.1 Å². The summed E-state index contributed by atoms with van der Waals surface area (Å²) in [6, 6.07) is 6.71. The maximum Gasteiger partial charge on any atom is 0.283 e. The Morgan fingerprint density at radius 1 is 1.11 bits per heavy atom. The third-order valence-corrected chi connectivity index (χ3v) is 4.26. The molecule has 2 rings (SSSR count). The van der Waals surface area contributed by atoms with Gasteiger partial charge in [-0.1, -0.05) is 44.5 Å². The van der Waals surface area contributed by atoms with E-state index in [9.17, 15) is 8.42 Å². The fourth-order valence-electron chi connectivity index (χ4n) is 1.60. The average Bonchev–Trinajstić information content (AvgIpc) is 2.55. The molecule has 0 saturated heterocycles. The Morgan fingerprint density at radius 3 is 2.11 bits per heavy atom. The van der Waals surface area contributed by atoms with Crippen LogP contribution in [0.25, 0.3) is 4.91 Å². The van der Waals surface area contributed by atoms with Crippen LogP contribution in [0.2, 0.25) is 5.02 Å². The fourth-order valence-corrected chi connectivity index (χ4v) is 3.11.